The van der Waals surface area contributed by atoms with Crippen LogP contribution in [0.15, 0.2) is 47.2 Å². The summed E-state index contributed by atoms with van der Waals surface area (Å²) in [5.74, 6) is -0.176. The van der Waals surface area contributed by atoms with E-state index in [-0.39, 0.29) is 24.4 Å². The minimum absolute atomic E-state index is 0.0536. The maximum Gasteiger partial charge on any atom is 0.247 e. The van der Waals surface area contributed by atoms with Crippen molar-refractivity contribution in [3.8, 4) is 0 Å². The van der Waals surface area contributed by atoms with E-state index in [2.05, 4.69) is 5.32 Å². The van der Waals surface area contributed by atoms with Crippen molar-refractivity contribution in [2.45, 2.75) is 19.0 Å². The van der Waals surface area contributed by atoms with Crippen molar-refractivity contribution in [1.82, 2.24) is 10.2 Å². The Hall–Kier alpha value is -2.14. The normalized spacial score (nSPS) is 20.2. The highest BCUT2D eigenvalue weighted by Crippen LogP contribution is 2.33. The van der Waals surface area contributed by atoms with Crippen LogP contribution in [-0.4, -0.2) is 23.3 Å². The highest BCUT2D eigenvalue weighted by atomic mass is 32.1. The van der Waals surface area contributed by atoms with Crippen LogP contribution in [0.4, 0.5) is 0 Å². The summed E-state index contributed by atoms with van der Waals surface area (Å²) in [6.45, 7) is 2.03. The molecule has 2 atom stereocenters. The summed E-state index contributed by atoms with van der Waals surface area (Å²) in [5.41, 5.74) is 1.90. The van der Waals surface area contributed by atoms with E-state index in [1.807, 2.05) is 54.1 Å². The first-order valence-electron chi connectivity index (χ1n) is 6.84. The maximum atomic E-state index is 12.4. The van der Waals surface area contributed by atoms with Gasteiger partial charge in [-0.1, -0.05) is 30.3 Å². The van der Waals surface area contributed by atoms with Crippen LogP contribution in [-0.2, 0) is 9.59 Å². The molecule has 2 unspecified atom stereocenters. The molecule has 1 aliphatic rings. The standard InChI is InChI=1S/C16H16N2O2S/c1-11(13-7-8-21-10-13)18-14(19)9-17-16(20)15(18)12-5-3-2-4-6-12/h2-8,10-11,15H,9H2,1H3,(H,17,20). The summed E-state index contributed by atoms with van der Waals surface area (Å²) in [5, 5.41) is 6.69. The van der Waals surface area contributed by atoms with Gasteiger partial charge in [0.05, 0.1) is 12.6 Å². The van der Waals surface area contributed by atoms with Gasteiger partial charge in [0.15, 0.2) is 0 Å². The van der Waals surface area contributed by atoms with Gasteiger partial charge in [-0.15, -0.1) is 0 Å². The number of nitrogens with one attached hydrogen (secondary N) is 1. The third kappa shape index (κ3) is 2.56. The fraction of sp³-hybridized carbons (Fsp3) is 0.250. The second-order valence-corrected chi connectivity index (χ2v) is 5.84. The predicted molar refractivity (Wildman–Crippen MR) is 81.8 cm³/mol. The molecule has 2 heterocycles. The Morgan fingerprint density at radius 2 is 2.00 bits per heavy atom. The monoisotopic (exact) mass is 300 g/mol. The fourth-order valence-electron chi connectivity index (χ4n) is 2.68. The van der Waals surface area contributed by atoms with E-state index in [1.54, 1.807) is 16.2 Å². The first kappa shape index (κ1) is 13.8. The minimum Gasteiger partial charge on any atom is -0.345 e. The molecular formula is C16H16N2O2S. The van der Waals surface area contributed by atoms with E-state index < -0.39 is 6.04 Å². The molecule has 1 fully saturated rings. The van der Waals surface area contributed by atoms with Gasteiger partial charge in [-0.2, -0.15) is 11.3 Å². The highest BCUT2D eigenvalue weighted by molar-refractivity contribution is 7.07. The largest absolute Gasteiger partial charge is 0.345 e. The number of benzene rings is 1. The van der Waals surface area contributed by atoms with Crippen LogP contribution in [0.5, 0.6) is 0 Å². The van der Waals surface area contributed by atoms with E-state index in [0.717, 1.165) is 11.1 Å². The molecule has 2 aromatic rings. The lowest BCUT2D eigenvalue weighted by atomic mass is 9.98. The van der Waals surface area contributed by atoms with Crippen LogP contribution in [0.1, 0.15) is 30.1 Å². The summed E-state index contributed by atoms with van der Waals surface area (Å²) >= 11 is 1.59. The van der Waals surface area contributed by atoms with Gasteiger partial charge in [0.1, 0.15) is 6.04 Å². The first-order chi connectivity index (χ1) is 10.2. The molecule has 1 aromatic heterocycles. The SMILES string of the molecule is CC(c1ccsc1)N1C(=O)CNC(=O)C1c1ccccc1. The van der Waals surface area contributed by atoms with Crippen LogP contribution in [0.2, 0.25) is 0 Å². The number of hydrogen-bond donors (Lipinski definition) is 1. The fourth-order valence-corrected chi connectivity index (χ4v) is 3.43. The number of nitrogens with zero attached hydrogens (tertiary/aromatic N) is 1. The summed E-state index contributed by atoms with van der Waals surface area (Å²) in [4.78, 5) is 26.4. The van der Waals surface area contributed by atoms with E-state index in [9.17, 15) is 9.59 Å². The number of carbonyl (C=O) groups is 2. The number of amides is 2. The topological polar surface area (TPSA) is 49.4 Å². The Bertz CT molecular complexity index is 640. The van der Waals surface area contributed by atoms with Crippen LogP contribution in [0, 0.1) is 0 Å². The third-order valence-corrected chi connectivity index (χ3v) is 4.49. The second-order valence-electron chi connectivity index (χ2n) is 5.06. The number of thiophene rings is 1. The van der Waals surface area contributed by atoms with Gasteiger partial charge < -0.3 is 10.2 Å². The molecule has 0 aliphatic carbocycles. The number of rotatable bonds is 3. The third-order valence-electron chi connectivity index (χ3n) is 3.79. The van der Waals surface area contributed by atoms with Crippen molar-refractivity contribution in [2.24, 2.45) is 0 Å². The van der Waals surface area contributed by atoms with Crippen molar-refractivity contribution in [2.75, 3.05) is 6.54 Å². The number of piperazine rings is 1. The van der Waals surface area contributed by atoms with Crippen molar-refractivity contribution in [3.05, 3.63) is 58.3 Å². The summed E-state index contributed by atoms with van der Waals surface area (Å²) in [6, 6.07) is 10.7. The summed E-state index contributed by atoms with van der Waals surface area (Å²) in [7, 11) is 0. The summed E-state index contributed by atoms with van der Waals surface area (Å²) in [6.07, 6.45) is 0. The molecular weight excluding hydrogens is 284 g/mol. The number of hydrogen-bond acceptors (Lipinski definition) is 3. The molecule has 0 spiro atoms. The lowest BCUT2D eigenvalue weighted by Gasteiger charge is -2.39. The Morgan fingerprint density at radius 1 is 1.24 bits per heavy atom. The van der Waals surface area contributed by atoms with E-state index in [1.165, 1.54) is 0 Å². The zero-order valence-electron chi connectivity index (χ0n) is 11.7. The smallest absolute Gasteiger partial charge is 0.247 e. The van der Waals surface area contributed by atoms with Gasteiger partial charge in [-0.25, -0.2) is 0 Å². The first-order valence-corrected chi connectivity index (χ1v) is 7.78. The van der Waals surface area contributed by atoms with Crippen molar-refractivity contribution in [3.63, 3.8) is 0 Å². The lowest BCUT2D eigenvalue weighted by molar-refractivity contribution is -0.148. The molecule has 1 saturated heterocycles. The van der Waals surface area contributed by atoms with E-state index >= 15 is 0 Å². The zero-order valence-corrected chi connectivity index (χ0v) is 12.5. The molecule has 1 aliphatic heterocycles. The van der Waals surface area contributed by atoms with Gasteiger partial charge in [0.2, 0.25) is 11.8 Å². The van der Waals surface area contributed by atoms with Crippen LogP contribution in [0.25, 0.3) is 0 Å². The molecule has 0 radical (unpaired) electrons. The number of carbonyl (C=O) groups excluding carboxylic acids is 2. The molecule has 0 bridgehead atoms. The molecule has 5 heteroatoms. The average molecular weight is 300 g/mol. The zero-order chi connectivity index (χ0) is 14.8. The van der Waals surface area contributed by atoms with Crippen LogP contribution in [0.3, 0.4) is 0 Å². The molecule has 1 aromatic carbocycles. The molecule has 108 valence electrons. The van der Waals surface area contributed by atoms with Crippen molar-refractivity contribution in [1.29, 1.82) is 0 Å². The van der Waals surface area contributed by atoms with E-state index in [0.29, 0.717) is 0 Å². The average Bonchev–Trinajstić information content (AvgIpc) is 3.04. The summed E-state index contributed by atoms with van der Waals surface area (Å²) < 4.78 is 0. The van der Waals surface area contributed by atoms with Gasteiger partial charge in [0.25, 0.3) is 0 Å². The Balaban J connectivity index is 2.00. The molecule has 0 saturated carbocycles. The second kappa shape index (κ2) is 5.69. The van der Waals surface area contributed by atoms with Gasteiger partial charge in [-0.05, 0) is 34.9 Å². The van der Waals surface area contributed by atoms with Crippen LogP contribution < -0.4 is 5.32 Å². The Morgan fingerprint density at radius 3 is 2.67 bits per heavy atom. The molecule has 1 N–H and O–H groups in total. The lowest BCUT2D eigenvalue weighted by Crippen LogP contribution is -2.54. The van der Waals surface area contributed by atoms with E-state index in [4.69, 9.17) is 0 Å². The van der Waals surface area contributed by atoms with Gasteiger partial charge in [-0.3, -0.25) is 9.59 Å². The minimum atomic E-state index is -0.567. The Labute approximate surface area is 127 Å². The van der Waals surface area contributed by atoms with Crippen molar-refractivity contribution >= 4 is 23.2 Å². The predicted octanol–water partition coefficient (Wildman–Crippen LogP) is 2.51. The quantitative estimate of drug-likeness (QED) is 0.947. The van der Waals surface area contributed by atoms with Gasteiger partial charge in [0, 0.05) is 0 Å². The molecule has 3 rings (SSSR count). The van der Waals surface area contributed by atoms with Gasteiger partial charge >= 0.3 is 0 Å². The van der Waals surface area contributed by atoms with Crippen LogP contribution >= 0.6 is 11.3 Å². The highest BCUT2D eigenvalue weighted by Gasteiger charge is 2.38. The van der Waals surface area contributed by atoms with Crippen molar-refractivity contribution < 1.29 is 9.59 Å². The Kier molecular flexibility index (Phi) is 3.75. The molecule has 2 amide bonds. The molecule has 21 heavy (non-hydrogen) atoms. The molecule has 4 nitrogen and oxygen atoms in total. The maximum absolute atomic E-state index is 12.4.